The number of anilines is 1. The summed E-state index contributed by atoms with van der Waals surface area (Å²) >= 11 is 4.24. The standard InChI is InChI=1S/C14H16N2.I2/c1-10-6-4-5-7-12(10)13-8-11(2)16-9-14(13)15-3;1-2/h4-9,15H,1-3H3;. The van der Waals surface area contributed by atoms with Crippen LogP contribution in [0.3, 0.4) is 0 Å². The van der Waals surface area contributed by atoms with E-state index in [0.717, 1.165) is 11.4 Å². The van der Waals surface area contributed by atoms with Gasteiger partial charge in [0.25, 0.3) is 0 Å². The molecule has 0 spiro atoms. The SMILES string of the molecule is CNc1cnc(C)cc1-c1ccccc1C.II. The Balaban J connectivity index is 0.000000771. The van der Waals surface area contributed by atoms with Gasteiger partial charge in [0.05, 0.1) is 11.9 Å². The van der Waals surface area contributed by atoms with E-state index in [9.17, 15) is 0 Å². The third-order valence-corrected chi connectivity index (χ3v) is 2.75. The quantitative estimate of drug-likeness (QED) is 0.618. The maximum Gasteiger partial charge on any atom is 0.0604 e. The lowest BCUT2D eigenvalue weighted by atomic mass is 9.99. The van der Waals surface area contributed by atoms with Gasteiger partial charge in [0, 0.05) is 55.5 Å². The van der Waals surface area contributed by atoms with E-state index in [2.05, 4.69) is 84.8 Å². The highest BCUT2D eigenvalue weighted by atomic mass is 128. The summed E-state index contributed by atoms with van der Waals surface area (Å²) in [5.74, 6) is 0. The van der Waals surface area contributed by atoms with E-state index in [1.807, 2.05) is 20.2 Å². The lowest BCUT2D eigenvalue weighted by Gasteiger charge is -2.11. The molecule has 2 nitrogen and oxygen atoms in total. The van der Waals surface area contributed by atoms with Crippen LogP contribution in [0.2, 0.25) is 0 Å². The number of aromatic nitrogens is 1. The highest BCUT2D eigenvalue weighted by molar-refractivity contribution is 15.0. The fraction of sp³-hybridized carbons (Fsp3) is 0.214. The molecule has 0 fully saturated rings. The normalized spacial score (nSPS) is 9.39. The summed E-state index contributed by atoms with van der Waals surface area (Å²) in [7, 11) is 1.92. The average Bonchev–Trinajstić information content (AvgIpc) is 2.41. The molecule has 2 aromatic rings. The minimum Gasteiger partial charge on any atom is -0.386 e. The van der Waals surface area contributed by atoms with Gasteiger partial charge in [-0.3, -0.25) is 4.98 Å². The van der Waals surface area contributed by atoms with E-state index in [1.165, 1.54) is 16.7 Å². The number of benzene rings is 1. The molecule has 1 aromatic heterocycles. The fourth-order valence-corrected chi connectivity index (χ4v) is 1.86. The number of rotatable bonds is 2. The third kappa shape index (κ3) is 3.81. The molecule has 2 rings (SSSR count). The fourth-order valence-electron chi connectivity index (χ4n) is 1.86. The lowest BCUT2D eigenvalue weighted by Crippen LogP contribution is -1.95. The van der Waals surface area contributed by atoms with Crippen molar-refractivity contribution in [3.05, 3.63) is 47.8 Å². The van der Waals surface area contributed by atoms with Gasteiger partial charge in [-0.05, 0) is 31.0 Å². The van der Waals surface area contributed by atoms with Crippen molar-refractivity contribution in [3.63, 3.8) is 0 Å². The number of nitrogens with zero attached hydrogens (tertiary/aromatic N) is 1. The van der Waals surface area contributed by atoms with Crippen molar-refractivity contribution in [2.24, 2.45) is 0 Å². The summed E-state index contributed by atoms with van der Waals surface area (Å²) < 4.78 is 0. The number of hydrogen-bond donors (Lipinski definition) is 1. The zero-order chi connectivity index (χ0) is 13.5. The second-order valence-corrected chi connectivity index (χ2v) is 3.94. The largest absolute Gasteiger partial charge is 0.386 e. The second-order valence-electron chi connectivity index (χ2n) is 3.94. The predicted octanol–water partition coefficient (Wildman–Crippen LogP) is 5.18. The monoisotopic (exact) mass is 466 g/mol. The molecule has 0 amide bonds. The summed E-state index contributed by atoms with van der Waals surface area (Å²) in [6, 6.07) is 10.5. The van der Waals surface area contributed by atoms with Gasteiger partial charge in [-0.1, -0.05) is 24.3 Å². The van der Waals surface area contributed by atoms with Gasteiger partial charge in [-0.15, -0.1) is 0 Å². The molecule has 0 aliphatic heterocycles. The van der Waals surface area contributed by atoms with Crippen LogP contribution in [0.4, 0.5) is 5.69 Å². The van der Waals surface area contributed by atoms with Crippen LogP contribution < -0.4 is 5.32 Å². The highest BCUT2D eigenvalue weighted by Gasteiger charge is 2.06. The first-order valence-electron chi connectivity index (χ1n) is 5.57. The minimum atomic E-state index is 1.04. The maximum absolute atomic E-state index is 4.30. The molecular weight excluding hydrogens is 450 g/mol. The number of nitrogens with one attached hydrogen (secondary N) is 1. The van der Waals surface area contributed by atoms with Gasteiger partial charge in [0.15, 0.2) is 0 Å². The Hall–Kier alpha value is -0.370. The molecule has 0 aliphatic rings. The third-order valence-electron chi connectivity index (χ3n) is 2.75. The van der Waals surface area contributed by atoms with Crippen molar-refractivity contribution in [3.8, 4) is 11.1 Å². The van der Waals surface area contributed by atoms with Gasteiger partial charge in [-0.2, -0.15) is 0 Å². The maximum atomic E-state index is 4.30. The molecule has 0 aliphatic carbocycles. The number of aryl methyl sites for hydroxylation is 2. The topological polar surface area (TPSA) is 24.9 Å². The van der Waals surface area contributed by atoms with E-state index in [0.29, 0.717) is 0 Å². The molecule has 18 heavy (non-hydrogen) atoms. The minimum absolute atomic E-state index is 1.04. The molecule has 4 heteroatoms. The molecule has 0 radical (unpaired) electrons. The Morgan fingerprint density at radius 1 is 1.06 bits per heavy atom. The van der Waals surface area contributed by atoms with E-state index in [1.54, 1.807) is 0 Å². The second kappa shape index (κ2) is 7.93. The highest BCUT2D eigenvalue weighted by Crippen LogP contribution is 2.29. The molecule has 1 N–H and O–H groups in total. The number of pyridine rings is 1. The van der Waals surface area contributed by atoms with Crippen LogP contribution in [-0.4, -0.2) is 12.0 Å². The van der Waals surface area contributed by atoms with Crippen LogP contribution in [0.1, 0.15) is 11.3 Å². The van der Waals surface area contributed by atoms with Crippen LogP contribution >= 0.6 is 37.2 Å². The van der Waals surface area contributed by atoms with Gasteiger partial charge in [-0.25, -0.2) is 0 Å². The Morgan fingerprint density at radius 3 is 2.33 bits per heavy atom. The number of halogens is 2. The molecular formula is C14H16I2N2. The van der Waals surface area contributed by atoms with Gasteiger partial charge < -0.3 is 5.32 Å². The molecule has 0 bridgehead atoms. The zero-order valence-electron chi connectivity index (χ0n) is 10.7. The molecule has 1 aromatic carbocycles. The van der Waals surface area contributed by atoms with Gasteiger partial charge in [0.1, 0.15) is 0 Å². The Labute approximate surface area is 132 Å². The van der Waals surface area contributed by atoms with Crippen molar-refractivity contribution in [1.29, 1.82) is 0 Å². The summed E-state index contributed by atoms with van der Waals surface area (Å²) in [6.45, 7) is 4.14. The first-order valence-corrected chi connectivity index (χ1v) is 11.9. The van der Waals surface area contributed by atoms with E-state index < -0.39 is 0 Å². The molecule has 0 unspecified atom stereocenters. The van der Waals surface area contributed by atoms with Crippen molar-refractivity contribution < 1.29 is 0 Å². The average molecular weight is 466 g/mol. The number of hydrogen-bond acceptors (Lipinski definition) is 2. The Bertz CT molecular complexity index is 513. The predicted molar refractivity (Wildman–Crippen MR) is 96.7 cm³/mol. The van der Waals surface area contributed by atoms with Crippen molar-refractivity contribution >= 4 is 42.9 Å². The summed E-state index contributed by atoms with van der Waals surface area (Å²) in [6.07, 6.45) is 1.89. The summed E-state index contributed by atoms with van der Waals surface area (Å²) in [5, 5.41) is 3.19. The van der Waals surface area contributed by atoms with Crippen LogP contribution in [-0.2, 0) is 0 Å². The smallest absolute Gasteiger partial charge is 0.0604 e. The van der Waals surface area contributed by atoms with Crippen molar-refractivity contribution in [1.82, 2.24) is 4.98 Å². The summed E-state index contributed by atoms with van der Waals surface area (Å²) in [4.78, 5) is 4.30. The molecule has 96 valence electrons. The van der Waals surface area contributed by atoms with Gasteiger partial charge in [0.2, 0.25) is 0 Å². The molecule has 0 saturated heterocycles. The molecule has 0 atom stereocenters. The Kier molecular flexibility index (Phi) is 6.91. The van der Waals surface area contributed by atoms with E-state index in [4.69, 9.17) is 0 Å². The Morgan fingerprint density at radius 2 is 1.72 bits per heavy atom. The van der Waals surface area contributed by atoms with Crippen LogP contribution in [0, 0.1) is 13.8 Å². The zero-order valence-corrected chi connectivity index (χ0v) is 15.0. The molecule has 1 heterocycles. The summed E-state index contributed by atoms with van der Waals surface area (Å²) in [5.41, 5.74) is 5.87. The first-order chi connectivity index (χ1) is 8.72. The van der Waals surface area contributed by atoms with Crippen molar-refractivity contribution in [2.45, 2.75) is 13.8 Å². The van der Waals surface area contributed by atoms with Crippen LogP contribution in [0.15, 0.2) is 36.5 Å². The van der Waals surface area contributed by atoms with Gasteiger partial charge >= 0.3 is 0 Å². The van der Waals surface area contributed by atoms with Crippen LogP contribution in [0.25, 0.3) is 11.1 Å². The van der Waals surface area contributed by atoms with E-state index in [-0.39, 0.29) is 0 Å². The van der Waals surface area contributed by atoms with Crippen LogP contribution in [0.5, 0.6) is 0 Å². The van der Waals surface area contributed by atoms with E-state index >= 15 is 0 Å². The lowest BCUT2D eigenvalue weighted by molar-refractivity contribution is 1.20. The molecule has 0 saturated carbocycles. The first kappa shape index (κ1) is 15.7. The van der Waals surface area contributed by atoms with Crippen molar-refractivity contribution in [2.75, 3.05) is 12.4 Å².